The van der Waals surface area contributed by atoms with E-state index in [9.17, 15) is 13.2 Å². The molecule has 1 fully saturated rings. The summed E-state index contributed by atoms with van der Waals surface area (Å²) in [6, 6.07) is 7.82. The van der Waals surface area contributed by atoms with Crippen LogP contribution in [0.5, 0.6) is 0 Å². The molecule has 7 nitrogen and oxygen atoms in total. The highest BCUT2D eigenvalue weighted by atomic mass is 35.5. The van der Waals surface area contributed by atoms with Gasteiger partial charge in [0.1, 0.15) is 4.21 Å². The minimum atomic E-state index is -3.52. The number of sulfonamides is 1. The van der Waals surface area contributed by atoms with Crippen LogP contribution in [0.2, 0.25) is 10.0 Å². The van der Waals surface area contributed by atoms with Crippen LogP contribution < -0.4 is 10.6 Å². The number of ether oxygens (including phenoxy) is 1. The average molecular weight is 478 g/mol. The van der Waals surface area contributed by atoms with Gasteiger partial charge in [0.2, 0.25) is 0 Å². The van der Waals surface area contributed by atoms with E-state index >= 15 is 0 Å². The lowest BCUT2D eigenvalue weighted by atomic mass is 10.1. The zero-order valence-corrected chi connectivity index (χ0v) is 18.8. The van der Waals surface area contributed by atoms with Crippen molar-refractivity contribution >= 4 is 50.6 Å². The summed E-state index contributed by atoms with van der Waals surface area (Å²) in [6.45, 7) is 3.55. The molecule has 1 unspecified atom stereocenters. The number of nitrogens with one attached hydrogen (secondary N) is 2. The van der Waals surface area contributed by atoms with E-state index in [1.54, 1.807) is 30.3 Å². The minimum absolute atomic E-state index is 0.225. The number of amides is 2. The van der Waals surface area contributed by atoms with E-state index < -0.39 is 10.0 Å². The van der Waals surface area contributed by atoms with Crippen LogP contribution in [0.4, 0.5) is 4.79 Å². The Morgan fingerprint density at radius 3 is 2.62 bits per heavy atom. The number of nitrogens with zero attached hydrogens (tertiary/aromatic N) is 1. The maximum Gasteiger partial charge on any atom is 0.315 e. The van der Waals surface area contributed by atoms with Crippen molar-refractivity contribution in [2.24, 2.45) is 0 Å². The minimum Gasteiger partial charge on any atom is -0.379 e. The number of hydrogen-bond donors (Lipinski definition) is 2. The largest absolute Gasteiger partial charge is 0.379 e. The standard InChI is InChI=1S/C18H21Cl2N3O4S2/c1-12(13-2-4-15(19)16(20)10-13)22-18(24)21-11-14-3-5-17(28-14)29(25,26)23-6-8-27-9-7-23/h2-5,10,12H,6-9,11H2,1H3,(H2,21,22,24). The Labute approximate surface area is 184 Å². The molecule has 11 heteroatoms. The van der Waals surface area contributed by atoms with Crippen LogP contribution in [0.3, 0.4) is 0 Å². The second kappa shape index (κ2) is 9.63. The normalized spacial score (nSPS) is 16.4. The van der Waals surface area contributed by atoms with E-state index in [4.69, 9.17) is 27.9 Å². The lowest BCUT2D eigenvalue weighted by Gasteiger charge is -2.25. The fraction of sp³-hybridized carbons (Fsp3) is 0.389. The Morgan fingerprint density at radius 2 is 1.93 bits per heavy atom. The van der Waals surface area contributed by atoms with Gasteiger partial charge in [-0.3, -0.25) is 0 Å². The maximum atomic E-state index is 12.7. The van der Waals surface area contributed by atoms with Gasteiger partial charge in [0, 0.05) is 18.0 Å². The summed E-state index contributed by atoms with van der Waals surface area (Å²) in [7, 11) is -3.52. The van der Waals surface area contributed by atoms with E-state index in [1.807, 2.05) is 6.92 Å². The van der Waals surface area contributed by atoms with Gasteiger partial charge in [-0.1, -0.05) is 29.3 Å². The number of morpholine rings is 1. The molecule has 2 N–H and O–H groups in total. The summed E-state index contributed by atoms with van der Waals surface area (Å²) in [5.74, 6) is 0. The molecule has 0 radical (unpaired) electrons. The van der Waals surface area contributed by atoms with Crippen molar-refractivity contribution in [3.8, 4) is 0 Å². The van der Waals surface area contributed by atoms with Gasteiger partial charge in [-0.05, 0) is 36.8 Å². The molecule has 158 valence electrons. The van der Waals surface area contributed by atoms with E-state index in [0.29, 0.717) is 36.3 Å². The first-order chi connectivity index (χ1) is 13.8. The Kier molecular flexibility index (Phi) is 7.42. The van der Waals surface area contributed by atoms with Gasteiger partial charge in [0.15, 0.2) is 0 Å². The Balaban J connectivity index is 1.55. The quantitative estimate of drug-likeness (QED) is 0.664. The van der Waals surface area contributed by atoms with Gasteiger partial charge in [-0.2, -0.15) is 4.31 Å². The van der Waals surface area contributed by atoms with Gasteiger partial charge in [0.05, 0.1) is 35.8 Å². The predicted molar refractivity (Wildman–Crippen MR) is 114 cm³/mol. The highest BCUT2D eigenvalue weighted by Crippen LogP contribution is 2.26. The molecule has 0 bridgehead atoms. The first-order valence-corrected chi connectivity index (χ1v) is 11.9. The third-order valence-electron chi connectivity index (χ3n) is 4.42. The van der Waals surface area contributed by atoms with E-state index in [1.165, 1.54) is 4.31 Å². The second-order valence-corrected chi connectivity index (χ2v) is 10.6. The fourth-order valence-electron chi connectivity index (χ4n) is 2.79. The number of urea groups is 1. The molecule has 2 aromatic rings. The van der Waals surface area contributed by atoms with Crippen LogP contribution >= 0.6 is 34.5 Å². The first kappa shape index (κ1) is 22.3. The number of hydrogen-bond acceptors (Lipinski definition) is 5. The Hall–Kier alpha value is -1.36. The monoisotopic (exact) mass is 477 g/mol. The SMILES string of the molecule is CC(NC(=O)NCc1ccc(S(=O)(=O)N2CCOCC2)s1)c1ccc(Cl)c(Cl)c1. The second-order valence-electron chi connectivity index (χ2n) is 6.46. The lowest BCUT2D eigenvalue weighted by molar-refractivity contribution is 0.0731. The molecule has 0 saturated carbocycles. The number of thiophene rings is 1. The van der Waals surface area contributed by atoms with Crippen LogP contribution in [0.25, 0.3) is 0 Å². The Bertz CT molecular complexity index is 975. The molecule has 2 heterocycles. The van der Waals surface area contributed by atoms with Gasteiger partial charge in [-0.25, -0.2) is 13.2 Å². The van der Waals surface area contributed by atoms with Crippen molar-refractivity contribution in [2.75, 3.05) is 26.3 Å². The molecule has 0 spiro atoms. The first-order valence-electron chi connectivity index (χ1n) is 8.93. The summed E-state index contributed by atoms with van der Waals surface area (Å²) in [6.07, 6.45) is 0. The van der Waals surface area contributed by atoms with Gasteiger partial charge >= 0.3 is 6.03 Å². The number of rotatable bonds is 6. The smallest absolute Gasteiger partial charge is 0.315 e. The lowest BCUT2D eigenvalue weighted by Crippen LogP contribution is -2.40. The highest BCUT2D eigenvalue weighted by molar-refractivity contribution is 7.91. The summed E-state index contributed by atoms with van der Waals surface area (Å²) in [4.78, 5) is 12.9. The van der Waals surface area contributed by atoms with E-state index in [-0.39, 0.29) is 22.8 Å². The molecule has 1 atom stereocenters. The zero-order valence-electron chi connectivity index (χ0n) is 15.7. The third kappa shape index (κ3) is 5.62. The molecule has 0 aliphatic carbocycles. The topological polar surface area (TPSA) is 87.7 Å². The average Bonchev–Trinajstić information content (AvgIpc) is 3.19. The van der Waals surface area contributed by atoms with Crippen molar-refractivity contribution in [1.82, 2.24) is 14.9 Å². The molecule has 3 rings (SSSR count). The van der Waals surface area contributed by atoms with Crippen molar-refractivity contribution in [3.05, 3.63) is 50.8 Å². The van der Waals surface area contributed by atoms with Crippen molar-refractivity contribution in [3.63, 3.8) is 0 Å². The van der Waals surface area contributed by atoms with Crippen LogP contribution in [-0.2, 0) is 21.3 Å². The van der Waals surface area contributed by atoms with Gasteiger partial charge < -0.3 is 15.4 Å². The molecule has 1 aliphatic heterocycles. The van der Waals surface area contributed by atoms with Gasteiger partial charge in [0.25, 0.3) is 10.0 Å². The number of carbonyl (C=O) groups excluding carboxylic acids is 1. The molecule has 1 aromatic carbocycles. The van der Waals surface area contributed by atoms with Crippen LogP contribution in [0.1, 0.15) is 23.4 Å². The maximum absolute atomic E-state index is 12.7. The molecule has 1 aliphatic rings. The van der Waals surface area contributed by atoms with E-state index in [0.717, 1.165) is 21.8 Å². The number of benzene rings is 1. The number of carbonyl (C=O) groups is 1. The van der Waals surface area contributed by atoms with E-state index in [2.05, 4.69) is 10.6 Å². The zero-order chi connectivity index (χ0) is 21.0. The molecule has 1 saturated heterocycles. The number of halogens is 2. The molecular weight excluding hydrogens is 457 g/mol. The van der Waals surface area contributed by atoms with Crippen LogP contribution in [0.15, 0.2) is 34.5 Å². The fourth-order valence-corrected chi connectivity index (χ4v) is 5.95. The van der Waals surface area contributed by atoms with Crippen molar-refractivity contribution in [2.45, 2.75) is 23.7 Å². The Morgan fingerprint density at radius 1 is 1.21 bits per heavy atom. The van der Waals surface area contributed by atoms with Gasteiger partial charge in [-0.15, -0.1) is 11.3 Å². The van der Waals surface area contributed by atoms with Crippen LogP contribution in [0, 0.1) is 0 Å². The summed E-state index contributed by atoms with van der Waals surface area (Å²) in [5.41, 5.74) is 0.824. The molecule has 1 aromatic heterocycles. The summed E-state index contributed by atoms with van der Waals surface area (Å²) >= 11 is 13.1. The summed E-state index contributed by atoms with van der Waals surface area (Å²) in [5, 5.41) is 6.43. The molecular formula is C18H21Cl2N3O4S2. The van der Waals surface area contributed by atoms with Crippen LogP contribution in [-0.4, -0.2) is 45.1 Å². The van der Waals surface area contributed by atoms with Crippen molar-refractivity contribution in [1.29, 1.82) is 0 Å². The third-order valence-corrected chi connectivity index (χ3v) is 8.61. The van der Waals surface area contributed by atoms with Crippen molar-refractivity contribution < 1.29 is 17.9 Å². The highest BCUT2D eigenvalue weighted by Gasteiger charge is 2.27. The summed E-state index contributed by atoms with van der Waals surface area (Å²) < 4.78 is 32.2. The molecule has 29 heavy (non-hydrogen) atoms. The predicted octanol–water partition coefficient (Wildman–Crippen LogP) is 3.64. The molecule has 2 amide bonds.